The highest BCUT2D eigenvalue weighted by Gasteiger charge is 2.14. The molecule has 0 spiro atoms. The molecule has 0 atom stereocenters. The zero-order valence-electron chi connectivity index (χ0n) is 11.4. The van der Waals surface area contributed by atoms with Gasteiger partial charge in [0.2, 0.25) is 0 Å². The smallest absolute Gasteiger partial charge is 0.0378 e. The number of hydrogen-bond acceptors (Lipinski definition) is 1. The van der Waals surface area contributed by atoms with E-state index >= 15 is 0 Å². The van der Waals surface area contributed by atoms with Crippen molar-refractivity contribution in [3.05, 3.63) is 66.2 Å². The summed E-state index contributed by atoms with van der Waals surface area (Å²) in [7, 11) is 0. The third-order valence-electron chi connectivity index (χ3n) is 4.17. The van der Waals surface area contributed by atoms with Gasteiger partial charge in [0.25, 0.3) is 0 Å². The number of benzene rings is 3. The van der Waals surface area contributed by atoms with E-state index in [-0.39, 0.29) is 0 Å². The van der Waals surface area contributed by atoms with E-state index in [2.05, 4.69) is 66.0 Å². The van der Waals surface area contributed by atoms with Crippen molar-refractivity contribution in [3.8, 4) is 11.1 Å². The van der Waals surface area contributed by atoms with Crippen molar-refractivity contribution in [1.82, 2.24) is 0 Å². The standard InChI is InChI=1S/C19H17N/c1-2-8-15-14(6-1)7-3-9-16(15)17-10-4-12-19-18(17)11-5-13-20-19/h1-4,6-10,12,20H,5,11,13H2. The van der Waals surface area contributed by atoms with E-state index in [1.54, 1.807) is 0 Å². The lowest BCUT2D eigenvalue weighted by Crippen LogP contribution is -2.12. The molecular weight excluding hydrogens is 242 g/mol. The van der Waals surface area contributed by atoms with Gasteiger partial charge in [-0.05, 0) is 46.4 Å². The number of fused-ring (bicyclic) bond motifs is 2. The van der Waals surface area contributed by atoms with E-state index in [9.17, 15) is 0 Å². The van der Waals surface area contributed by atoms with Crippen molar-refractivity contribution in [2.75, 3.05) is 11.9 Å². The Morgan fingerprint density at radius 2 is 1.55 bits per heavy atom. The third-order valence-corrected chi connectivity index (χ3v) is 4.17. The molecule has 1 aliphatic rings. The van der Waals surface area contributed by atoms with E-state index in [1.165, 1.54) is 46.0 Å². The molecule has 0 saturated carbocycles. The topological polar surface area (TPSA) is 12.0 Å². The molecule has 0 saturated heterocycles. The minimum absolute atomic E-state index is 1.09. The fraction of sp³-hybridized carbons (Fsp3) is 0.158. The van der Waals surface area contributed by atoms with Gasteiger partial charge in [0, 0.05) is 12.2 Å². The molecule has 1 aliphatic heterocycles. The summed E-state index contributed by atoms with van der Waals surface area (Å²) < 4.78 is 0. The van der Waals surface area contributed by atoms with Gasteiger partial charge in [0.05, 0.1) is 0 Å². The van der Waals surface area contributed by atoms with Gasteiger partial charge in [-0.1, -0.05) is 54.6 Å². The highest BCUT2D eigenvalue weighted by molar-refractivity contribution is 5.98. The van der Waals surface area contributed by atoms with Crippen LogP contribution in [0.1, 0.15) is 12.0 Å². The lowest BCUT2D eigenvalue weighted by atomic mass is 9.90. The molecule has 0 bridgehead atoms. The highest BCUT2D eigenvalue weighted by atomic mass is 14.9. The highest BCUT2D eigenvalue weighted by Crippen LogP contribution is 2.36. The van der Waals surface area contributed by atoms with Crippen LogP contribution in [0, 0.1) is 0 Å². The molecule has 0 amide bonds. The van der Waals surface area contributed by atoms with Crippen molar-refractivity contribution < 1.29 is 0 Å². The molecule has 1 N–H and O–H groups in total. The van der Waals surface area contributed by atoms with Gasteiger partial charge in [0.15, 0.2) is 0 Å². The second kappa shape index (κ2) is 4.68. The third kappa shape index (κ3) is 1.78. The predicted octanol–water partition coefficient (Wildman–Crippen LogP) is 4.86. The summed E-state index contributed by atoms with van der Waals surface area (Å²) >= 11 is 0. The molecule has 1 nitrogen and oxygen atoms in total. The van der Waals surface area contributed by atoms with Crippen LogP contribution >= 0.6 is 0 Å². The Labute approximate surface area is 119 Å². The normalized spacial score (nSPS) is 13.8. The Kier molecular flexibility index (Phi) is 2.70. The minimum Gasteiger partial charge on any atom is -0.385 e. The zero-order chi connectivity index (χ0) is 13.4. The molecule has 0 fully saturated rings. The van der Waals surface area contributed by atoms with Gasteiger partial charge in [-0.3, -0.25) is 0 Å². The Bertz CT molecular complexity index is 768. The summed E-state index contributed by atoms with van der Waals surface area (Å²) in [4.78, 5) is 0. The summed E-state index contributed by atoms with van der Waals surface area (Å²) in [6.07, 6.45) is 2.39. The molecule has 3 aromatic rings. The largest absolute Gasteiger partial charge is 0.385 e. The molecule has 3 aromatic carbocycles. The van der Waals surface area contributed by atoms with E-state index in [0.717, 1.165) is 6.54 Å². The van der Waals surface area contributed by atoms with Crippen molar-refractivity contribution in [2.24, 2.45) is 0 Å². The minimum atomic E-state index is 1.09. The molecule has 1 heteroatoms. The van der Waals surface area contributed by atoms with Crippen molar-refractivity contribution in [1.29, 1.82) is 0 Å². The summed E-state index contributed by atoms with van der Waals surface area (Å²) in [6, 6.07) is 21.8. The van der Waals surface area contributed by atoms with Crippen molar-refractivity contribution >= 4 is 16.5 Å². The van der Waals surface area contributed by atoms with Crippen LogP contribution in [0.25, 0.3) is 21.9 Å². The second-order valence-corrected chi connectivity index (χ2v) is 5.39. The molecule has 20 heavy (non-hydrogen) atoms. The fourth-order valence-electron chi connectivity index (χ4n) is 3.22. The maximum absolute atomic E-state index is 3.52. The van der Waals surface area contributed by atoms with Crippen molar-refractivity contribution in [2.45, 2.75) is 12.8 Å². The molecule has 1 heterocycles. The SMILES string of the molecule is c1cc2c(c(-c3cccc4ccccc34)c1)CCCN2. The van der Waals surface area contributed by atoms with E-state index < -0.39 is 0 Å². The quantitative estimate of drug-likeness (QED) is 0.657. The van der Waals surface area contributed by atoms with Crippen LogP contribution in [0.15, 0.2) is 60.7 Å². The number of nitrogens with one attached hydrogen (secondary N) is 1. The molecular formula is C19H17N. The maximum Gasteiger partial charge on any atom is 0.0378 e. The molecule has 4 rings (SSSR count). The van der Waals surface area contributed by atoms with Crippen LogP contribution in [0.5, 0.6) is 0 Å². The first-order valence-corrected chi connectivity index (χ1v) is 7.27. The first-order valence-electron chi connectivity index (χ1n) is 7.27. The summed E-state index contributed by atoms with van der Waals surface area (Å²) in [6.45, 7) is 1.09. The summed E-state index contributed by atoms with van der Waals surface area (Å²) in [5.74, 6) is 0. The maximum atomic E-state index is 3.52. The Balaban J connectivity index is 2.00. The lowest BCUT2D eigenvalue weighted by molar-refractivity contribution is 0.832. The van der Waals surface area contributed by atoms with E-state index in [4.69, 9.17) is 0 Å². The van der Waals surface area contributed by atoms with E-state index in [1.807, 2.05) is 0 Å². The second-order valence-electron chi connectivity index (χ2n) is 5.39. The molecule has 0 radical (unpaired) electrons. The van der Waals surface area contributed by atoms with E-state index in [0.29, 0.717) is 0 Å². The van der Waals surface area contributed by atoms with Gasteiger partial charge in [-0.2, -0.15) is 0 Å². The molecule has 0 aliphatic carbocycles. The number of hydrogen-bond donors (Lipinski definition) is 1. The first kappa shape index (κ1) is 11.5. The molecule has 98 valence electrons. The molecule has 0 unspecified atom stereocenters. The van der Waals surface area contributed by atoms with Gasteiger partial charge < -0.3 is 5.32 Å². The van der Waals surface area contributed by atoms with Crippen LogP contribution in [-0.2, 0) is 6.42 Å². The fourth-order valence-corrected chi connectivity index (χ4v) is 3.22. The Morgan fingerprint density at radius 3 is 2.55 bits per heavy atom. The van der Waals surface area contributed by atoms with Crippen LogP contribution in [0.3, 0.4) is 0 Å². The average molecular weight is 259 g/mol. The van der Waals surface area contributed by atoms with Gasteiger partial charge in [-0.25, -0.2) is 0 Å². The van der Waals surface area contributed by atoms with Crippen LogP contribution in [0.4, 0.5) is 5.69 Å². The average Bonchev–Trinajstić information content (AvgIpc) is 2.54. The van der Waals surface area contributed by atoms with Gasteiger partial charge >= 0.3 is 0 Å². The predicted molar refractivity (Wildman–Crippen MR) is 86.2 cm³/mol. The summed E-state index contributed by atoms with van der Waals surface area (Å²) in [5.41, 5.74) is 5.51. The van der Waals surface area contributed by atoms with Crippen LogP contribution in [0.2, 0.25) is 0 Å². The van der Waals surface area contributed by atoms with Crippen molar-refractivity contribution in [3.63, 3.8) is 0 Å². The number of rotatable bonds is 1. The monoisotopic (exact) mass is 259 g/mol. The Hall–Kier alpha value is -2.28. The zero-order valence-corrected chi connectivity index (χ0v) is 11.4. The van der Waals surface area contributed by atoms with Gasteiger partial charge in [0.1, 0.15) is 0 Å². The Morgan fingerprint density at radius 1 is 0.750 bits per heavy atom. The van der Waals surface area contributed by atoms with Crippen LogP contribution < -0.4 is 5.32 Å². The number of anilines is 1. The van der Waals surface area contributed by atoms with Crippen LogP contribution in [-0.4, -0.2) is 6.54 Å². The van der Waals surface area contributed by atoms with Gasteiger partial charge in [-0.15, -0.1) is 0 Å². The lowest BCUT2D eigenvalue weighted by Gasteiger charge is -2.21. The summed E-state index contributed by atoms with van der Waals surface area (Å²) in [5, 5.41) is 6.17. The first-order chi connectivity index (χ1) is 9.93. The molecule has 0 aromatic heterocycles.